The number of benzene rings is 1. The van der Waals surface area contributed by atoms with Gasteiger partial charge in [0.15, 0.2) is 6.29 Å². The van der Waals surface area contributed by atoms with Crippen LogP contribution in [0.3, 0.4) is 0 Å². The summed E-state index contributed by atoms with van der Waals surface area (Å²) in [6.07, 6.45) is -0.382. The van der Waals surface area contributed by atoms with Crippen LogP contribution >= 0.6 is 0 Å². The number of hydrogen-bond acceptors (Lipinski definition) is 2. The maximum atomic E-state index is 8.94. The molecule has 0 unspecified atom stereocenters. The predicted octanol–water partition coefficient (Wildman–Crippen LogP) is 1.87. The highest BCUT2D eigenvalue weighted by atomic mass is 16.5. The molecule has 0 aliphatic rings. The summed E-state index contributed by atoms with van der Waals surface area (Å²) in [7, 11) is 0. The lowest BCUT2D eigenvalue weighted by atomic mass is 10.0. The second-order valence-electron chi connectivity index (χ2n) is 3.72. The first-order valence-corrected chi connectivity index (χ1v) is 4.54. The molecule has 1 aromatic rings. The Kier molecular flexibility index (Phi) is 3.46. The van der Waals surface area contributed by atoms with Crippen LogP contribution in [0.25, 0.3) is 0 Å². The van der Waals surface area contributed by atoms with Crippen molar-refractivity contribution in [1.29, 1.82) is 0 Å². The fourth-order valence-corrected chi connectivity index (χ4v) is 1.35. The van der Waals surface area contributed by atoms with Gasteiger partial charge < -0.3 is 10.2 Å². The van der Waals surface area contributed by atoms with E-state index in [1.165, 1.54) is 0 Å². The van der Waals surface area contributed by atoms with E-state index in [4.69, 9.17) is 10.2 Å². The Balaban J connectivity index is 2.79. The summed E-state index contributed by atoms with van der Waals surface area (Å²) in [5.41, 5.74) is 1.72. The zero-order chi connectivity index (χ0) is 9.84. The van der Waals surface area contributed by atoms with Crippen molar-refractivity contribution < 1.29 is 10.2 Å². The lowest BCUT2D eigenvalue weighted by Gasteiger charge is -2.08. The monoisotopic (exact) mass is 180 g/mol. The minimum atomic E-state index is -1.35. The van der Waals surface area contributed by atoms with Gasteiger partial charge in [-0.05, 0) is 17.9 Å². The van der Waals surface area contributed by atoms with E-state index in [1.54, 1.807) is 6.07 Å². The summed E-state index contributed by atoms with van der Waals surface area (Å²) in [6.45, 7) is 4.28. The fourth-order valence-electron chi connectivity index (χ4n) is 1.35. The molecule has 0 radical (unpaired) electrons. The molecule has 2 heteroatoms. The van der Waals surface area contributed by atoms with E-state index in [0.29, 0.717) is 11.5 Å². The van der Waals surface area contributed by atoms with Crippen LogP contribution in [0.15, 0.2) is 24.3 Å². The molecule has 0 aliphatic heterocycles. The molecule has 72 valence electrons. The smallest absolute Gasteiger partial charge is 0.178 e. The van der Waals surface area contributed by atoms with Crippen molar-refractivity contribution in [2.75, 3.05) is 0 Å². The van der Waals surface area contributed by atoms with E-state index in [0.717, 1.165) is 12.0 Å². The number of aliphatic hydroxyl groups is 2. The summed E-state index contributed by atoms with van der Waals surface area (Å²) < 4.78 is 0. The Hall–Kier alpha value is -0.860. The molecular weight excluding hydrogens is 164 g/mol. The SMILES string of the molecule is CC(C)Cc1cccc(C(O)O)c1. The van der Waals surface area contributed by atoms with Gasteiger partial charge in [-0.3, -0.25) is 0 Å². The van der Waals surface area contributed by atoms with Gasteiger partial charge in [-0.15, -0.1) is 0 Å². The molecule has 0 atom stereocenters. The molecule has 0 fully saturated rings. The lowest BCUT2D eigenvalue weighted by Crippen LogP contribution is -1.98. The molecule has 13 heavy (non-hydrogen) atoms. The van der Waals surface area contributed by atoms with E-state index in [-0.39, 0.29) is 0 Å². The first kappa shape index (κ1) is 10.2. The largest absolute Gasteiger partial charge is 0.364 e. The topological polar surface area (TPSA) is 40.5 Å². The molecule has 0 saturated carbocycles. The summed E-state index contributed by atoms with van der Waals surface area (Å²) >= 11 is 0. The molecule has 0 saturated heterocycles. The van der Waals surface area contributed by atoms with Crippen LogP contribution in [0.1, 0.15) is 31.3 Å². The molecule has 1 aromatic carbocycles. The third-order valence-corrected chi connectivity index (χ3v) is 1.89. The second-order valence-corrected chi connectivity index (χ2v) is 3.72. The molecule has 0 heterocycles. The summed E-state index contributed by atoms with van der Waals surface area (Å²) in [4.78, 5) is 0. The maximum absolute atomic E-state index is 8.94. The minimum absolute atomic E-state index is 0.568. The third-order valence-electron chi connectivity index (χ3n) is 1.89. The number of hydrogen-bond donors (Lipinski definition) is 2. The van der Waals surface area contributed by atoms with Crippen molar-refractivity contribution in [3.63, 3.8) is 0 Å². The van der Waals surface area contributed by atoms with Crippen molar-refractivity contribution in [2.45, 2.75) is 26.6 Å². The van der Waals surface area contributed by atoms with Gasteiger partial charge >= 0.3 is 0 Å². The molecule has 2 nitrogen and oxygen atoms in total. The zero-order valence-electron chi connectivity index (χ0n) is 8.07. The molecule has 2 N–H and O–H groups in total. The van der Waals surface area contributed by atoms with Crippen LogP contribution in [0.4, 0.5) is 0 Å². The normalized spacial score (nSPS) is 11.2. The highest BCUT2D eigenvalue weighted by Crippen LogP contribution is 2.14. The summed E-state index contributed by atoms with van der Waals surface area (Å²) in [6, 6.07) is 7.41. The number of rotatable bonds is 3. The van der Waals surface area contributed by atoms with Crippen LogP contribution in [0, 0.1) is 5.92 Å². The predicted molar refractivity (Wildman–Crippen MR) is 52.2 cm³/mol. The van der Waals surface area contributed by atoms with Crippen molar-refractivity contribution in [3.05, 3.63) is 35.4 Å². The van der Waals surface area contributed by atoms with E-state index >= 15 is 0 Å². The average Bonchev–Trinajstić information content (AvgIpc) is 2.03. The van der Waals surface area contributed by atoms with Gasteiger partial charge in [0.1, 0.15) is 0 Å². The highest BCUT2D eigenvalue weighted by Gasteiger charge is 2.03. The first-order chi connectivity index (χ1) is 6.09. The van der Waals surface area contributed by atoms with Crippen molar-refractivity contribution >= 4 is 0 Å². The van der Waals surface area contributed by atoms with Crippen LogP contribution in [0.2, 0.25) is 0 Å². The van der Waals surface area contributed by atoms with Crippen LogP contribution < -0.4 is 0 Å². The molecule has 0 aliphatic carbocycles. The van der Waals surface area contributed by atoms with Gasteiger partial charge in [0.2, 0.25) is 0 Å². The van der Waals surface area contributed by atoms with Crippen LogP contribution in [0.5, 0.6) is 0 Å². The van der Waals surface area contributed by atoms with E-state index < -0.39 is 6.29 Å². The molecule has 0 bridgehead atoms. The van der Waals surface area contributed by atoms with Gasteiger partial charge in [-0.25, -0.2) is 0 Å². The zero-order valence-corrected chi connectivity index (χ0v) is 8.07. The lowest BCUT2D eigenvalue weighted by molar-refractivity contribution is -0.0425. The van der Waals surface area contributed by atoms with Gasteiger partial charge in [0.05, 0.1) is 0 Å². The Morgan fingerprint density at radius 3 is 2.46 bits per heavy atom. The Labute approximate surface area is 78.8 Å². The second kappa shape index (κ2) is 4.40. The molecule has 0 aromatic heterocycles. The Bertz CT molecular complexity index is 267. The van der Waals surface area contributed by atoms with Crippen molar-refractivity contribution in [2.24, 2.45) is 5.92 Å². The Morgan fingerprint density at radius 2 is 1.92 bits per heavy atom. The quantitative estimate of drug-likeness (QED) is 0.697. The highest BCUT2D eigenvalue weighted by molar-refractivity contribution is 5.24. The van der Waals surface area contributed by atoms with Crippen LogP contribution in [-0.2, 0) is 6.42 Å². The van der Waals surface area contributed by atoms with E-state index in [2.05, 4.69) is 13.8 Å². The standard InChI is InChI=1S/C11H16O2/c1-8(2)6-9-4-3-5-10(7-9)11(12)13/h3-5,7-8,11-13H,6H2,1-2H3. The van der Waals surface area contributed by atoms with Gasteiger partial charge in [-0.1, -0.05) is 38.1 Å². The first-order valence-electron chi connectivity index (χ1n) is 4.54. The Morgan fingerprint density at radius 1 is 1.23 bits per heavy atom. The average molecular weight is 180 g/mol. The van der Waals surface area contributed by atoms with Gasteiger partial charge in [0, 0.05) is 5.56 Å². The van der Waals surface area contributed by atoms with Gasteiger partial charge in [-0.2, -0.15) is 0 Å². The number of aliphatic hydroxyl groups excluding tert-OH is 1. The van der Waals surface area contributed by atoms with Crippen molar-refractivity contribution in [3.8, 4) is 0 Å². The van der Waals surface area contributed by atoms with E-state index in [1.807, 2.05) is 18.2 Å². The molecule has 0 amide bonds. The molecular formula is C11H16O2. The van der Waals surface area contributed by atoms with Gasteiger partial charge in [0.25, 0.3) is 0 Å². The third kappa shape index (κ3) is 3.17. The fraction of sp³-hybridized carbons (Fsp3) is 0.455. The molecule has 1 rings (SSSR count). The molecule has 0 spiro atoms. The van der Waals surface area contributed by atoms with E-state index in [9.17, 15) is 0 Å². The summed E-state index contributed by atoms with van der Waals surface area (Å²) in [5.74, 6) is 0.589. The maximum Gasteiger partial charge on any atom is 0.178 e. The van der Waals surface area contributed by atoms with Crippen molar-refractivity contribution in [1.82, 2.24) is 0 Å². The minimum Gasteiger partial charge on any atom is -0.364 e. The summed E-state index contributed by atoms with van der Waals surface area (Å²) in [5, 5.41) is 17.9. The van der Waals surface area contributed by atoms with Crippen LogP contribution in [-0.4, -0.2) is 10.2 Å².